The number of allylic oxidation sites excluding steroid dienone is 1. The Morgan fingerprint density at radius 3 is 2.68 bits per heavy atom. The molecule has 0 saturated carbocycles. The average molecular weight is 316 g/mol. The highest BCUT2D eigenvalue weighted by molar-refractivity contribution is 7.14. The first kappa shape index (κ1) is 16.3. The third kappa shape index (κ3) is 4.21. The van der Waals surface area contributed by atoms with Crippen molar-refractivity contribution in [3.05, 3.63) is 51.7 Å². The fraction of sp³-hybridized carbons (Fsp3) is 0.278. The van der Waals surface area contributed by atoms with Gasteiger partial charge in [-0.2, -0.15) is 0 Å². The number of rotatable bonds is 7. The molecule has 0 saturated heterocycles. The van der Waals surface area contributed by atoms with E-state index in [1.807, 2.05) is 37.3 Å². The van der Waals surface area contributed by atoms with Gasteiger partial charge in [-0.25, -0.2) is 0 Å². The second-order valence-corrected chi connectivity index (χ2v) is 6.15. The summed E-state index contributed by atoms with van der Waals surface area (Å²) in [6.07, 6.45) is 4.33. The smallest absolute Gasteiger partial charge is 0.195 e. The average Bonchev–Trinajstić information content (AvgIpc) is 2.97. The van der Waals surface area contributed by atoms with Crippen LogP contribution in [-0.4, -0.2) is 19.5 Å². The molecule has 0 fully saturated rings. The van der Waals surface area contributed by atoms with Gasteiger partial charge in [0.15, 0.2) is 17.3 Å². The van der Waals surface area contributed by atoms with Crippen LogP contribution in [0.1, 0.15) is 33.5 Å². The number of carbonyl (C=O) groups is 1. The summed E-state index contributed by atoms with van der Waals surface area (Å²) in [6.45, 7) is 4.70. The van der Waals surface area contributed by atoms with Crippen molar-refractivity contribution < 1.29 is 14.3 Å². The molecule has 0 radical (unpaired) electrons. The standard InChI is InChI=1S/C18H20O3S/c1-4-11-21-16-9-7-14(12-17(16)20-3)6-8-15(19)18-10-5-13(2)22-18/h5-10,12H,4,11H2,1-3H3. The zero-order valence-corrected chi connectivity index (χ0v) is 13.9. The number of carbonyl (C=O) groups excluding carboxylic acids is 1. The van der Waals surface area contributed by atoms with E-state index in [1.54, 1.807) is 19.3 Å². The predicted molar refractivity (Wildman–Crippen MR) is 91.2 cm³/mol. The molecule has 0 atom stereocenters. The number of benzene rings is 1. The van der Waals surface area contributed by atoms with Gasteiger partial charge in [-0.1, -0.05) is 19.1 Å². The van der Waals surface area contributed by atoms with Crippen LogP contribution in [0.15, 0.2) is 36.4 Å². The maximum Gasteiger partial charge on any atom is 0.195 e. The van der Waals surface area contributed by atoms with Crippen molar-refractivity contribution in [2.45, 2.75) is 20.3 Å². The number of ether oxygens (including phenoxy) is 2. The first-order valence-electron chi connectivity index (χ1n) is 7.23. The van der Waals surface area contributed by atoms with Crippen LogP contribution in [0.25, 0.3) is 6.08 Å². The van der Waals surface area contributed by atoms with E-state index in [-0.39, 0.29) is 5.78 Å². The Balaban J connectivity index is 2.12. The van der Waals surface area contributed by atoms with Crippen LogP contribution in [0.2, 0.25) is 0 Å². The molecular formula is C18H20O3S. The molecule has 0 amide bonds. The second kappa shape index (κ2) is 7.80. The minimum Gasteiger partial charge on any atom is -0.493 e. The van der Waals surface area contributed by atoms with E-state index in [0.717, 1.165) is 27.5 Å². The zero-order chi connectivity index (χ0) is 15.9. The molecule has 3 nitrogen and oxygen atoms in total. The van der Waals surface area contributed by atoms with E-state index in [2.05, 4.69) is 6.92 Å². The van der Waals surface area contributed by atoms with Crippen molar-refractivity contribution in [2.24, 2.45) is 0 Å². The normalized spacial score (nSPS) is 10.9. The molecule has 0 spiro atoms. The lowest BCUT2D eigenvalue weighted by molar-refractivity contribution is 0.105. The summed E-state index contributed by atoms with van der Waals surface area (Å²) < 4.78 is 11.0. The van der Waals surface area contributed by atoms with Gasteiger partial charge in [0.1, 0.15) is 0 Å². The minimum atomic E-state index is 0.0170. The molecule has 2 aromatic rings. The molecule has 116 valence electrons. The highest BCUT2D eigenvalue weighted by atomic mass is 32.1. The number of aryl methyl sites for hydroxylation is 1. The van der Waals surface area contributed by atoms with E-state index in [4.69, 9.17) is 9.47 Å². The van der Waals surface area contributed by atoms with Crippen molar-refractivity contribution in [3.63, 3.8) is 0 Å². The highest BCUT2D eigenvalue weighted by Gasteiger charge is 2.06. The van der Waals surface area contributed by atoms with Gasteiger partial charge in [-0.3, -0.25) is 4.79 Å². The molecule has 2 rings (SSSR count). The molecule has 22 heavy (non-hydrogen) atoms. The van der Waals surface area contributed by atoms with E-state index in [9.17, 15) is 4.79 Å². The number of ketones is 1. The monoisotopic (exact) mass is 316 g/mol. The van der Waals surface area contributed by atoms with Gasteiger partial charge in [-0.05, 0) is 49.2 Å². The van der Waals surface area contributed by atoms with Gasteiger partial charge in [0.2, 0.25) is 0 Å². The zero-order valence-electron chi connectivity index (χ0n) is 13.1. The molecular weight excluding hydrogens is 296 g/mol. The summed E-state index contributed by atoms with van der Waals surface area (Å²) in [6, 6.07) is 9.46. The van der Waals surface area contributed by atoms with Gasteiger partial charge < -0.3 is 9.47 Å². The molecule has 0 unspecified atom stereocenters. The van der Waals surface area contributed by atoms with Crippen LogP contribution in [0.4, 0.5) is 0 Å². The summed E-state index contributed by atoms with van der Waals surface area (Å²) in [7, 11) is 1.61. The number of thiophene rings is 1. The Morgan fingerprint density at radius 1 is 1.23 bits per heavy atom. The summed E-state index contributed by atoms with van der Waals surface area (Å²) >= 11 is 1.50. The molecule has 1 aromatic heterocycles. The van der Waals surface area contributed by atoms with E-state index >= 15 is 0 Å². The van der Waals surface area contributed by atoms with E-state index in [1.165, 1.54) is 11.3 Å². The molecule has 0 aliphatic heterocycles. The Kier molecular flexibility index (Phi) is 5.78. The van der Waals surface area contributed by atoms with Crippen molar-refractivity contribution in [1.29, 1.82) is 0 Å². The van der Waals surface area contributed by atoms with Gasteiger partial charge in [-0.15, -0.1) is 11.3 Å². The maximum atomic E-state index is 12.1. The lowest BCUT2D eigenvalue weighted by atomic mass is 10.1. The van der Waals surface area contributed by atoms with Crippen molar-refractivity contribution >= 4 is 23.2 Å². The van der Waals surface area contributed by atoms with E-state index < -0.39 is 0 Å². The molecule has 1 aromatic carbocycles. The predicted octanol–water partition coefficient (Wildman–Crippen LogP) is 4.75. The molecule has 4 heteroatoms. The third-order valence-corrected chi connectivity index (χ3v) is 4.07. The Hall–Kier alpha value is -2.07. The number of methoxy groups -OCH3 is 1. The number of hydrogen-bond acceptors (Lipinski definition) is 4. The number of hydrogen-bond donors (Lipinski definition) is 0. The highest BCUT2D eigenvalue weighted by Crippen LogP contribution is 2.28. The molecule has 0 aliphatic carbocycles. The summed E-state index contributed by atoms with van der Waals surface area (Å²) in [4.78, 5) is 14.0. The molecule has 0 N–H and O–H groups in total. The fourth-order valence-electron chi connectivity index (χ4n) is 1.94. The second-order valence-electron chi connectivity index (χ2n) is 4.87. The Bertz CT molecular complexity index is 671. The fourth-order valence-corrected chi connectivity index (χ4v) is 2.73. The lowest BCUT2D eigenvalue weighted by Gasteiger charge is -2.10. The van der Waals surface area contributed by atoms with Gasteiger partial charge >= 0.3 is 0 Å². The first-order valence-corrected chi connectivity index (χ1v) is 8.05. The quantitative estimate of drug-likeness (QED) is 0.546. The SMILES string of the molecule is CCCOc1ccc(C=CC(=O)c2ccc(C)s2)cc1OC. The van der Waals surface area contributed by atoms with Crippen LogP contribution in [0.3, 0.4) is 0 Å². The Labute approximate surface area is 135 Å². The Morgan fingerprint density at radius 2 is 2.05 bits per heavy atom. The third-order valence-electron chi connectivity index (χ3n) is 3.06. The van der Waals surface area contributed by atoms with E-state index in [0.29, 0.717) is 12.4 Å². The molecule has 0 bridgehead atoms. The molecule has 0 aliphatic rings. The van der Waals surface area contributed by atoms with Crippen LogP contribution in [0.5, 0.6) is 11.5 Å². The largest absolute Gasteiger partial charge is 0.493 e. The summed E-state index contributed by atoms with van der Waals surface area (Å²) in [5.74, 6) is 1.42. The van der Waals surface area contributed by atoms with Crippen LogP contribution in [-0.2, 0) is 0 Å². The molecule has 1 heterocycles. The van der Waals surface area contributed by atoms with Gasteiger partial charge in [0.05, 0.1) is 18.6 Å². The van der Waals surface area contributed by atoms with Crippen molar-refractivity contribution in [2.75, 3.05) is 13.7 Å². The summed E-state index contributed by atoms with van der Waals surface area (Å²) in [5.41, 5.74) is 0.905. The lowest BCUT2D eigenvalue weighted by Crippen LogP contribution is -1.97. The first-order chi connectivity index (χ1) is 10.6. The minimum absolute atomic E-state index is 0.0170. The van der Waals surface area contributed by atoms with Crippen molar-refractivity contribution in [1.82, 2.24) is 0 Å². The summed E-state index contributed by atoms with van der Waals surface area (Å²) in [5, 5.41) is 0. The van der Waals surface area contributed by atoms with Gasteiger partial charge in [0.25, 0.3) is 0 Å². The van der Waals surface area contributed by atoms with Gasteiger partial charge in [0, 0.05) is 4.88 Å². The topological polar surface area (TPSA) is 35.5 Å². The van der Waals surface area contributed by atoms with Crippen molar-refractivity contribution in [3.8, 4) is 11.5 Å². The maximum absolute atomic E-state index is 12.1. The van der Waals surface area contributed by atoms with Crippen LogP contribution < -0.4 is 9.47 Å². The van der Waals surface area contributed by atoms with Crippen LogP contribution >= 0.6 is 11.3 Å². The van der Waals surface area contributed by atoms with Crippen LogP contribution in [0, 0.1) is 6.92 Å².